The number of nitrogens with one attached hydrogen (secondary N) is 1. The van der Waals surface area contributed by atoms with Crippen molar-refractivity contribution < 1.29 is 0 Å². The van der Waals surface area contributed by atoms with Gasteiger partial charge < -0.3 is 5.32 Å². The van der Waals surface area contributed by atoms with E-state index < -0.39 is 0 Å². The minimum atomic E-state index is 0.255. The Hall–Kier alpha value is -0.830. The first-order chi connectivity index (χ1) is 9.24. The Labute approximate surface area is 125 Å². The average Bonchev–Trinajstić information content (AvgIpc) is 2.76. The van der Waals surface area contributed by atoms with Gasteiger partial charge in [-0.05, 0) is 50.1 Å². The van der Waals surface area contributed by atoms with Crippen LogP contribution in [0.25, 0.3) is 0 Å². The Morgan fingerprint density at radius 3 is 2.30 bits per heavy atom. The van der Waals surface area contributed by atoms with Crippen molar-refractivity contribution in [2.75, 3.05) is 13.1 Å². The monoisotopic (exact) mass is 279 g/mol. The average molecular weight is 279 g/mol. The topological polar surface area (TPSA) is 29.9 Å². The number of nitrogens with zero attached hydrogens (tertiary/aromatic N) is 2. The van der Waals surface area contributed by atoms with Crippen LogP contribution < -0.4 is 5.32 Å². The molecule has 0 aliphatic heterocycles. The van der Waals surface area contributed by atoms with Crippen LogP contribution in [-0.2, 0) is 6.42 Å². The van der Waals surface area contributed by atoms with Crippen molar-refractivity contribution in [2.24, 2.45) is 17.3 Å². The molecule has 20 heavy (non-hydrogen) atoms. The third kappa shape index (κ3) is 4.93. The lowest BCUT2D eigenvalue weighted by molar-refractivity contribution is 0.202. The standard InChI is InChI=1S/C17H33N3/c1-13(2)11-18-12-17(7,14(3)4)10-16-8-9-20(19-16)15(5)6/h8-9,13-15,18H,10-12H2,1-7H3. The van der Waals surface area contributed by atoms with E-state index in [1.54, 1.807) is 0 Å². The molecule has 3 heteroatoms. The van der Waals surface area contributed by atoms with Crippen LogP contribution in [0.2, 0.25) is 0 Å². The summed E-state index contributed by atoms with van der Waals surface area (Å²) in [6.45, 7) is 18.0. The van der Waals surface area contributed by atoms with Crippen LogP contribution in [0, 0.1) is 17.3 Å². The molecule has 1 aromatic rings. The van der Waals surface area contributed by atoms with E-state index in [0.29, 0.717) is 17.9 Å². The molecule has 1 heterocycles. The Bertz CT molecular complexity index is 393. The van der Waals surface area contributed by atoms with Crippen molar-refractivity contribution in [3.63, 3.8) is 0 Å². The fraction of sp³-hybridized carbons (Fsp3) is 0.824. The van der Waals surface area contributed by atoms with E-state index in [0.717, 1.165) is 19.5 Å². The molecule has 3 nitrogen and oxygen atoms in total. The predicted molar refractivity (Wildman–Crippen MR) is 87.0 cm³/mol. The molecule has 0 aliphatic rings. The summed E-state index contributed by atoms with van der Waals surface area (Å²) in [6, 6.07) is 2.61. The molecule has 0 aromatic carbocycles. The minimum Gasteiger partial charge on any atom is -0.316 e. The lowest BCUT2D eigenvalue weighted by Gasteiger charge is -2.34. The van der Waals surface area contributed by atoms with E-state index in [9.17, 15) is 0 Å². The minimum absolute atomic E-state index is 0.255. The number of hydrogen-bond donors (Lipinski definition) is 1. The summed E-state index contributed by atoms with van der Waals surface area (Å²) < 4.78 is 2.05. The fourth-order valence-electron chi connectivity index (χ4n) is 2.29. The second-order valence-corrected chi connectivity index (χ2v) is 7.39. The van der Waals surface area contributed by atoms with Crippen molar-refractivity contribution >= 4 is 0 Å². The van der Waals surface area contributed by atoms with Crippen LogP contribution in [0.4, 0.5) is 0 Å². The van der Waals surface area contributed by atoms with E-state index in [-0.39, 0.29) is 5.41 Å². The molecule has 1 unspecified atom stereocenters. The van der Waals surface area contributed by atoms with Gasteiger partial charge in [0.05, 0.1) is 5.69 Å². The summed E-state index contributed by atoms with van der Waals surface area (Å²) in [5.74, 6) is 1.33. The van der Waals surface area contributed by atoms with Gasteiger partial charge in [-0.25, -0.2) is 0 Å². The zero-order valence-corrected chi connectivity index (χ0v) is 14.4. The largest absolute Gasteiger partial charge is 0.316 e. The molecule has 0 aliphatic carbocycles. The van der Waals surface area contributed by atoms with Gasteiger partial charge in [0.25, 0.3) is 0 Å². The quantitative estimate of drug-likeness (QED) is 0.782. The summed E-state index contributed by atoms with van der Waals surface area (Å²) in [7, 11) is 0. The molecular formula is C17H33N3. The summed E-state index contributed by atoms with van der Waals surface area (Å²) in [5, 5.41) is 8.33. The maximum absolute atomic E-state index is 4.71. The van der Waals surface area contributed by atoms with Gasteiger partial charge in [0.1, 0.15) is 0 Å². The van der Waals surface area contributed by atoms with E-state index in [1.807, 2.05) is 0 Å². The Kier molecular flexibility index (Phi) is 6.25. The lowest BCUT2D eigenvalue weighted by Crippen LogP contribution is -2.39. The first-order valence-corrected chi connectivity index (χ1v) is 7.99. The lowest BCUT2D eigenvalue weighted by atomic mass is 9.75. The third-order valence-electron chi connectivity index (χ3n) is 4.25. The molecule has 0 spiro atoms. The highest BCUT2D eigenvalue weighted by molar-refractivity contribution is 5.04. The van der Waals surface area contributed by atoms with Crippen molar-refractivity contribution in [3.8, 4) is 0 Å². The molecule has 1 rings (SSSR count). The molecule has 0 saturated carbocycles. The second kappa shape index (κ2) is 7.26. The maximum Gasteiger partial charge on any atom is 0.0630 e. The van der Waals surface area contributed by atoms with Gasteiger partial charge in [-0.1, -0.05) is 34.6 Å². The first-order valence-electron chi connectivity index (χ1n) is 7.99. The molecule has 116 valence electrons. The van der Waals surface area contributed by atoms with Gasteiger partial charge in [0, 0.05) is 18.8 Å². The zero-order valence-electron chi connectivity index (χ0n) is 14.4. The highest BCUT2D eigenvalue weighted by Crippen LogP contribution is 2.30. The van der Waals surface area contributed by atoms with Gasteiger partial charge in [-0.15, -0.1) is 0 Å². The summed E-state index contributed by atoms with van der Waals surface area (Å²) in [5.41, 5.74) is 1.46. The molecule has 0 amide bonds. The van der Waals surface area contributed by atoms with Gasteiger partial charge in [-0.3, -0.25) is 4.68 Å². The van der Waals surface area contributed by atoms with Gasteiger partial charge in [-0.2, -0.15) is 5.10 Å². The highest BCUT2D eigenvalue weighted by Gasteiger charge is 2.29. The molecule has 0 bridgehead atoms. The van der Waals surface area contributed by atoms with E-state index in [4.69, 9.17) is 5.10 Å². The normalized spacial score (nSPS) is 15.3. The van der Waals surface area contributed by atoms with Crippen molar-refractivity contribution in [3.05, 3.63) is 18.0 Å². The zero-order chi connectivity index (χ0) is 15.3. The van der Waals surface area contributed by atoms with E-state index in [1.165, 1.54) is 5.69 Å². The van der Waals surface area contributed by atoms with E-state index >= 15 is 0 Å². The first kappa shape index (κ1) is 17.2. The number of aromatic nitrogens is 2. The maximum atomic E-state index is 4.71. The number of hydrogen-bond acceptors (Lipinski definition) is 2. The van der Waals surface area contributed by atoms with Gasteiger partial charge >= 0.3 is 0 Å². The molecular weight excluding hydrogens is 246 g/mol. The van der Waals surface area contributed by atoms with Crippen LogP contribution >= 0.6 is 0 Å². The van der Waals surface area contributed by atoms with Crippen LogP contribution in [0.3, 0.4) is 0 Å². The van der Waals surface area contributed by atoms with Crippen molar-refractivity contribution in [1.29, 1.82) is 0 Å². The van der Waals surface area contributed by atoms with Crippen LogP contribution in [0.1, 0.15) is 60.2 Å². The summed E-state index contributed by atoms with van der Waals surface area (Å²) in [4.78, 5) is 0. The summed E-state index contributed by atoms with van der Waals surface area (Å²) >= 11 is 0. The highest BCUT2D eigenvalue weighted by atomic mass is 15.3. The van der Waals surface area contributed by atoms with Gasteiger partial charge in [0.2, 0.25) is 0 Å². The van der Waals surface area contributed by atoms with Crippen molar-refractivity contribution in [2.45, 2.75) is 60.9 Å². The molecule has 1 N–H and O–H groups in total. The Balaban J connectivity index is 2.69. The second-order valence-electron chi connectivity index (χ2n) is 7.39. The molecule has 0 saturated heterocycles. The Morgan fingerprint density at radius 2 is 1.85 bits per heavy atom. The third-order valence-corrected chi connectivity index (χ3v) is 4.25. The number of rotatable bonds is 8. The SMILES string of the molecule is CC(C)CNCC(C)(Cc1ccn(C(C)C)n1)C(C)C. The molecule has 0 fully saturated rings. The van der Waals surface area contributed by atoms with Crippen LogP contribution in [0.15, 0.2) is 12.3 Å². The molecule has 0 radical (unpaired) electrons. The molecule has 1 aromatic heterocycles. The van der Waals surface area contributed by atoms with Crippen LogP contribution in [-0.4, -0.2) is 22.9 Å². The van der Waals surface area contributed by atoms with Crippen molar-refractivity contribution in [1.82, 2.24) is 15.1 Å². The van der Waals surface area contributed by atoms with Crippen LogP contribution in [0.5, 0.6) is 0 Å². The predicted octanol–water partition coefficient (Wildman–Crippen LogP) is 3.91. The Morgan fingerprint density at radius 1 is 1.20 bits per heavy atom. The molecule has 1 atom stereocenters. The smallest absolute Gasteiger partial charge is 0.0630 e. The summed E-state index contributed by atoms with van der Waals surface area (Å²) in [6.07, 6.45) is 3.14. The fourth-order valence-corrected chi connectivity index (χ4v) is 2.29. The van der Waals surface area contributed by atoms with E-state index in [2.05, 4.69) is 70.7 Å². The van der Waals surface area contributed by atoms with Gasteiger partial charge in [0.15, 0.2) is 0 Å².